The molecule has 1 aliphatic carbocycles. The average Bonchev–Trinajstić information content (AvgIpc) is 3.50. The van der Waals surface area contributed by atoms with Crippen LogP contribution in [0.1, 0.15) is 55.7 Å². The number of carbonyl (C=O) groups is 1. The third-order valence-electron chi connectivity index (χ3n) is 6.95. The lowest BCUT2D eigenvalue weighted by Gasteiger charge is -2.26. The predicted octanol–water partition coefficient (Wildman–Crippen LogP) is 4.40. The highest BCUT2D eigenvalue weighted by Crippen LogP contribution is 2.29. The highest BCUT2D eigenvalue weighted by atomic mass is 32.2. The predicted molar refractivity (Wildman–Crippen MR) is 129 cm³/mol. The number of fused-ring (bicyclic) bond motifs is 2. The summed E-state index contributed by atoms with van der Waals surface area (Å²) in [4.78, 5) is 13.0. The van der Waals surface area contributed by atoms with Gasteiger partial charge in [0.15, 0.2) is 0 Å². The molecule has 3 aromatic rings. The number of hydrogen-bond donors (Lipinski definition) is 1. The van der Waals surface area contributed by atoms with Crippen LogP contribution in [0.5, 0.6) is 0 Å². The van der Waals surface area contributed by atoms with Gasteiger partial charge in [-0.2, -0.15) is 4.31 Å². The van der Waals surface area contributed by atoms with Gasteiger partial charge in [-0.05, 0) is 73.9 Å². The topological polar surface area (TPSA) is 71.4 Å². The van der Waals surface area contributed by atoms with Crippen molar-refractivity contribution in [3.8, 4) is 0 Å². The molecular formula is C26H31N3O3S. The molecule has 1 N–H and O–H groups in total. The molecule has 5 rings (SSSR count). The number of sulfonamides is 1. The number of aryl methyl sites for hydroxylation is 2. The Morgan fingerprint density at radius 3 is 2.70 bits per heavy atom. The van der Waals surface area contributed by atoms with E-state index in [0.717, 1.165) is 56.0 Å². The zero-order valence-corrected chi connectivity index (χ0v) is 19.7. The molecule has 1 atom stereocenters. The van der Waals surface area contributed by atoms with Gasteiger partial charge < -0.3 is 9.88 Å². The lowest BCUT2D eigenvalue weighted by atomic mass is 9.87. The summed E-state index contributed by atoms with van der Waals surface area (Å²) in [5.74, 6) is 0.0900. The SMILES string of the molecule is O=C(CCCn1ccc2cc(S(=O)(=O)N3CCCC3)ccc21)NC1CCCc2ccccc21. The fourth-order valence-electron chi connectivity index (χ4n) is 5.19. The van der Waals surface area contributed by atoms with Crippen LogP contribution in [-0.4, -0.2) is 36.3 Å². The van der Waals surface area contributed by atoms with Crippen molar-refractivity contribution in [1.29, 1.82) is 0 Å². The quantitative estimate of drug-likeness (QED) is 0.562. The molecule has 2 aromatic carbocycles. The molecule has 7 heteroatoms. The van der Waals surface area contributed by atoms with E-state index in [1.807, 2.05) is 24.4 Å². The van der Waals surface area contributed by atoms with Gasteiger partial charge in [0, 0.05) is 43.2 Å². The first-order valence-corrected chi connectivity index (χ1v) is 13.4. The molecular weight excluding hydrogens is 434 g/mol. The van der Waals surface area contributed by atoms with Crippen LogP contribution in [-0.2, 0) is 27.8 Å². The van der Waals surface area contributed by atoms with Crippen molar-refractivity contribution in [2.45, 2.75) is 62.4 Å². The molecule has 1 saturated heterocycles. The van der Waals surface area contributed by atoms with Gasteiger partial charge in [-0.15, -0.1) is 0 Å². The zero-order chi connectivity index (χ0) is 22.8. The summed E-state index contributed by atoms with van der Waals surface area (Å²) in [6.07, 6.45) is 8.23. The highest BCUT2D eigenvalue weighted by molar-refractivity contribution is 7.89. The minimum absolute atomic E-state index is 0.0900. The molecule has 174 valence electrons. The fraction of sp³-hybridized carbons (Fsp3) is 0.423. The standard InChI is InChI=1S/C26H31N3O3S/c30-26(27-24-10-5-8-20-7-1-2-9-23(20)24)11-6-15-28-18-14-21-19-22(12-13-25(21)28)33(31,32)29-16-3-4-17-29/h1-2,7,9,12-14,18-19,24H,3-6,8,10-11,15-17H2,(H,27,30). The van der Waals surface area contributed by atoms with Gasteiger partial charge >= 0.3 is 0 Å². The second kappa shape index (κ2) is 9.31. The molecule has 6 nitrogen and oxygen atoms in total. The van der Waals surface area contributed by atoms with E-state index in [1.165, 1.54) is 11.1 Å². The molecule has 1 aromatic heterocycles. The van der Waals surface area contributed by atoms with Gasteiger partial charge in [0.1, 0.15) is 0 Å². The zero-order valence-electron chi connectivity index (χ0n) is 18.9. The first-order chi connectivity index (χ1) is 16.0. The molecule has 0 bridgehead atoms. The highest BCUT2D eigenvalue weighted by Gasteiger charge is 2.27. The van der Waals surface area contributed by atoms with Crippen LogP contribution in [0.2, 0.25) is 0 Å². The van der Waals surface area contributed by atoms with Crippen LogP contribution in [0, 0.1) is 0 Å². The lowest BCUT2D eigenvalue weighted by Crippen LogP contribution is -2.30. The van der Waals surface area contributed by atoms with Crippen molar-refractivity contribution >= 4 is 26.8 Å². The number of nitrogens with one attached hydrogen (secondary N) is 1. The van der Waals surface area contributed by atoms with Crippen LogP contribution < -0.4 is 5.32 Å². The lowest BCUT2D eigenvalue weighted by molar-refractivity contribution is -0.122. The number of amides is 1. The molecule has 0 spiro atoms. The Bertz CT molecular complexity index is 1260. The van der Waals surface area contributed by atoms with Crippen LogP contribution in [0.15, 0.2) is 59.6 Å². The Morgan fingerprint density at radius 2 is 1.85 bits per heavy atom. The van der Waals surface area contributed by atoms with Crippen molar-refractivity contribution in [2.24, 2.45) is 0 Å². The smallest absolute Gasteiger partial charge is 0.243 e. The van der Waals surface area contributed by atoms with Crippen LogP contribution in [0.4, 0.5) is 0 Å². The number of nitrogens with zero attached hydrogens (tertiary/aromatic N) is 2. The minimum Gasteiger partial charge on any atom is -0.349 e. The Hall–Kier alpha value is -2.64. The van der Waals surface area contributed by atoms with Gasteiger partial charge in [0.25, 0.3) is 0 Å². The number of hydrogen-bond acceptors (Lipinski definition) is 3. The van der Waals surface area contributed by atoms with Gasteiger partial charge in [-0.1, -0.05) is 24.3 Å². The first kappa shape index (κ1) is 22.2. The molecule has 1 unspecified atom stereocenters. The molecule has 2 heterocycles. The second-order valence-corrected chi connectivity index (χ2v) is 11.1. The van der Waals surface area contributed by atoms with Crippen molar-refractivity contribution in [3.63, 3.8) is 0 Å². The number of rotatable bonds is 7. The number of benzene rings is 2. The largest absolute Gasteiger partial charge is 0.349 e. The third-order valence-corrected chi connectivity index (χ3v) is 8.85. The van der Waals surface area contributed by atoms with Crippen LogP contribution >= 0.6 is 0 Å². The summed E-state index contributed by atoms with van der Waals surface area (Å²) in [6.45, 7) is 1.93. The Balaban J connectivity index is 1.20. The molecule has 1 fully saturated rings. The molecule has 33 heavy (non-hydrogen) atoms. The van der Waals surface area contributed by atoms with E-state index in [4.69, 9.17) is 0 Å². The van der Waals surface area contributed by atoms with Crippen molar-refractivity contribution in [1.82, 2.24) is 14.2 Å². The van der Waals surface area contributed by atoms with E-state index < -0.39 is 10.0 Å². The Morgan fingerprint density at radius 1 is 1.03 bits per heavy atom. The summed E-state index contributed by atoms with van der Waals surface area (Å²) in [7, 11) is -3.41. The van der Waals surface area contributed by atoms with E-state index in [1.54, 1.807) is 16.4 Å². The average molecular weight is 466 g/mol. The maximum atomic E-state index is 12.8. The third kappa shape index (κ3) is 4.57. The van der Waals surface area contributed by atoms with Gasteiger partial charge in [-0.25, -0.2) is 8.42 Å². The van der Waals surface area contributed by atoms with Gasteiger partial charge in [0.05, 0.1) is 10.9 Å². The molecule has 1 aliphatic heterocycles. The molecule has 1 amide bonds. The van der Waals surface area contributed by atoms with Gasteiger partial charge in [-0.3, -0.25) is 4.79 Å². The summed E-state index contributed by atoms with van der Waals surface area (Å²) in [5, 5.41) is 4.14. The normalized spacial score (nSPS) is 19.0. The number of carbonyl (C=O) groups excluding carboxylic acids is 1. The maximum Gasteiger partial charge on any atom is 0.243 e. The maximum absolute atomic E-state index is 12.8. The minimum atomic E-state index is -3.41. The summed E-state index contributed by atoms with van der Waals surface area (Å²) < 4.78 is 29.4. The summed E-state index contributed by atoms with van der Waals surface area (Å²) in [6, 6.07) is 15.8. The van der Waals surface area contributed by atoms with E-state index in [-0.39, 0.29) is 11.9 Å². The molecule has 2 aliphatic rings. The van der Waals surface area contributed by atoms with Crippen molar-refractivity contribution in [3.05, 3.63) is 65.9 Å². The van der Waals surface area contributed by atoms with E-state index in [0.29, 0.717) is 24.4 Å². The van der Waals surface area contributed by atoms with Crippen LogP contribution in [0.25, 0.3) is 10.9 Å². The fourth-order valence-corrected chi connectivity index (χ4v) is 6.74. The van der Waals surface area contributed by atoms with E-state index in [2.05, 4.69) is 28.1 Å². The monoisotopic (exact) mass is 465 g/mol. The van der Waals surface area contributed by atoms with Crippen LogP contribution in [0.3, 0.4) is 0 Å². The van der Waals surface area contributed by atoms with E-state index in [9.17, 15) is 13.2 Å². The Labute approximate surface area is 195 Å². The van der Waals surface area contributed by atoms with E-state index >= 15 is 0 Å². The van der Waals surface area contributed by atoms with Crippen molar-refractivity contribution < 1.29 is 13.2 Å². The summed E-state index contributed by atoms with van der Waals surface area (Å²) >= 11 is 0. The van der Waals surface area contributed by atoms with Gasteiger partial charge in [0.2, 0.25) is 15.9 Å². The second-order valence-electron chi connectivity index (χ2n) is 9.16. The first-order valence-electron chi connectivity index (χ1n) is 12.0. The summed E-state index contributed by atoms with van der Waals surface area (Å²) in [5.41, 5.74) is 3.60. The molecule has 0 radical (unpaired) electrons. The Kier molecular flexibility index (Phi) is 6.25. The number of aromatic nitrogens is 1. The van der Waals surface area contributed by atoms with Crippen molar-refractivity contribution in [2.75, 3.05) is 13.1 Å². The molecule has 0 saturated carbocycles.